The fourth-order valence-electron chi connectivity index (χ4n) is 2.91. The van der Waals surface area contributed by atoms with Crippen molar-refractivity contribution in [2.24, 2.45) is 5.10 Å². The molecule has 4 nitrogen and oxygen atoms in total. The second-order valence-electron chi connectivity index (χ2n) is 5.22. The van der Waals surface area contributed by atoms with Gasteiger partial charge in [-0.1, -0.05) is 60.7 Å². The van der Waals surface area contributed by atoms with E-state index in [0.717, 1.165) is 12.2 Å². The van der Waals surface area contributed by atoms with E-state index in [4.69, 9.17) is 0 Å². The first-order chi connectivity index (χ1) is 10.4. The molecule has 0 bridgehead atoms. The molecule has 4 heteroatoms. The molecule has 0 spiro atoms. The summed E-state index contributed by atoms with van der Waals surface area (Å²) in [6, 6.07) is 20.9. The van der Waals surface area contributed by atoms with Crippen LogP contribution in [-0.4, -0.2) is 21.1 Å². The first-order valence-corrected chi connectivity index (χ1v) is 6.94. The van der Waals surface area contributed by atoms with E-state index in [-0.39, 0.29) is 5.41 Å². The molecule has 1 aromatic heterocycles. The van der Waals surface area contributed by atoms with E-state index in [2.05, 4.69) is 63.8 Å². The third kappa shape index (κ3) is 1.88. The normalized spacial score (nSPS) is 15.6. The van der Waals surface area contributed by atoms with Gasteiger partial charge in [0.05, 0.1) is 5.41 Å². The number of hydrogen-bond donors (Lipinski definition) is 0. The molecule has 0 aliphatic carbocycles. The summed E-state index contributed by atoms with van der Waals surface area (Å²) in [6.07, 6.45) is 4.41. The van der Waals surface area contributed by atoms with Crippen molar-refractivity contribution in [1.82, 2.24) is 14.9 Å². The largest absolute Gasteiger partial charge is 0.205 e. The van der Waals surface area contributed by atoms with Crippen LogP contribution < -0.4 is 0 Å². The molecule has 0 saturated carbocycles. The Morgan fingerprint density at radius 2 is 1.48 bits per heavy atom. The average molecular weight is 274 g/mol. The number of hydrogen-bond acceptors (Lipinski definition) is 3. The van der Waals surface area contributed by atoms with Crippen LogP contribution in [0.1, 0.15) is 17.0 Å². The van der Waals surface area contributed by atoms with E-state index in [1.165, 1.54) is 11.1 Å². The average Bonchev–Trinajstić information content (AvgIpc) is 3.03. The summed E-state index contributed by atoms with van der Waals surface area (Å²) in [4.78, 5) is 0. The summed E-state index contributed by atoms with van der Waals surface area (Å²) in [5.74, 6) is 0.880. The quantitative estimate of drug-likeness (QED) is 0.721. The van der Waals surface area contributed by atoms with Crippen molar-refractivity contribution in [1.29, 1.82) is 0 Å². The van der Waals surface area contributed by atoms with Crippen molar-refractivity contribution in [3.05, 3.63) is 83.9 Å². The van der Waals surface area contributed by atoms with Gasteiger partial charge in [0.1, 0.15) is 6.33 Å². The maximum atomic E-state index is 4.53. The lowest BCUT2D eigenvalue weighted by molar-refractivity contribution is 0.597. The Morgan fingerprint density at radius 1 is 0.857 bits per heavy atom. The predicted molar refractivity (Wildman–Crippen MR) is 81.3 cm³/mol. The third-order valence-corrected chi connectivity index (χ3v) is 4.02. The van der Waals surface area contributed by atoms with Crippen molar-refractivity contribution in [3.8, 4) is 0 Å². The van der Waals surface area contributed by atoms with Gasteiger partial charge in [-0.05, 0) is 11.1 Å². The molecule has 0 fully saturated rings. The molecule has 3 aromatic rings. The lowest BCUT2D eigenvalue weighted by Crippen LogP contribution is -2.36. The summed E-state index contributed by atoms with van der Waals surface area (Å²) in [5.41, 5.74) is 2.15. The Labute approximate surface area is 122 Å². The van der Waals surface area contributed by atoms with Gasteiger partial charge in [-0.15, -0.1) is 10.2 Å². The fraction of sp³-hybridized carbons (Fsp3) is 0.118. The lowest BCUT2D eigenvalue weighted by atomic mass is 9.72. The SMILES string of the molecule is C1=Nn2cnnc2CC1(c1ccccc1)c1ccccc1. The number of benzene rings is 2. The highest BCUT2D eigenvalue weighted by Crippen LogP contribution is 2.35. The lowest BCUT2D eigenvalue weighted by Gasteiger charge is -2.32. The highest BCUT2D eigenvalue weighted by Gasteiger charge is 2.37. The summed E-state index contributed by atoms with van der Waals surface area (Å²) in [7, 11) is 0. The smallest absolute Gasteiger partial charge is 0.155 e. The third-order valence-electron chi connectivity index (χ3n) is 4.02. The zero-order chi connectivity index (χ0) is 14.1. The molecule has 1 aliphatic heterocycles. The minimum Gasteiger partial charge on any atom is -0.205 e. The van der Waals surface area contributed by atoms with Crippen molar-refractivity contribution < 1.29 is 0 Å². The monoisotopic (exact) mass is 274 g/mol. The van der Waals surface area contributed by atoms with Crippen LogP contribution in [-0.2, 0) is 11.8 Å². The van der Waals surface area contributed by atoms with Crippen molar-refractivity contribution in [2.75, 3.05) is 0 Å². The first-order valence-electron chi connectivity index (χ1n) is 6.94. The number of rotatable bonds is 2. The summed E-state index contributed by atoms with van der Waals surface area (Å²) in [5, 5.41) is 12.7. The van der Waals surface area contributed by atoms with E-state index < -0.39 is 0 Å². The van der Waals surface area contributed by atoms with Gasteiger partial charge in [0.2, 0.25) is 0 Å². The summed E-state index contributed by atoms with van der Waals surface area (Å²) < 4.78 is 1.74. The van der Waals surface area contributed by atoms with Crippen molar-refractivity contribution >= 4 is 6.21 Å². The van der Waals surface area contributed by atoms with Crippen LogP contribution in [0.5, 0.6) is 0 Å². The van der Waals surface area contributed by atoms with Crippen LogP contribution in [0.25, 0.3) is 0 Å². The molecule has 102 valence electrons. The molecule has 0 radical (unpaired) electrons. The topological polar surface area (TPSA) is 43.1 Å². The van der Waals surface area contributed by atoms with Crippen LogP contribution >= 0.6 is 0 Å². The minimum atomic E-state index is -0.286. The van der Waals surface area contributed by atoms with E-state index in [9.17, 15) is 0 Å². The van der Waals surface area contributed by atoms with Crippen molar-refractivity contribution in [2.45, 2.75) is 11.8 Å². The molecule has 21 heavy (non-hydrogen) atoms. The van der Waals surface area contributed by atoms with Crippen LogP contribution in [0.3, 0.4) is 0 Å². The maximum Gasteiger partial charge on any atom is 0.155 e. The molecular weight excluding hydrogens is 260 g/mol. The van der Waals surface area contributed by atoms with E-state index >= 15 is 0 Å². The molecule has 0 saturated heterocycles. The molecule has 0 atom stereocenters. The Bertz CT molecular complexity index is 735. The van der Waals surface area contributed by atoms with Crippen LogP contribution in [0, 0.1) is 0 Å². The molecule has 0 N–H and O–H groups in total. The molecule has 0 amide bonds. The van der Waals surface area contributed by atoms with Gasteiger partial charge in [-0.25, -0.2) is 4.68 Å². The molecule has 0 unspecified atom stereocenters. The predicted octanol–water partition coefficient (Wildman–Crippen LogP) is 2.65. The number of aromatic nitrogens is 3. The van der Waals surface area contributed by atoms with Crippen LogP contribution in [0.4, 0.5) is 0 Å². The van der Waals surface area contributed by atoms with Crippen LogP contribution in [0.15, 0.2) is 72.1 Å². The van der Waals surface area contributed by atoms with Gasteiger partial charge in [0, 0.05) is 12.6 Å². The Balaban J connectivity index is 1.93. The number of fused-ring (bicyclic) bond motifs is 1. The second-order valence-corrected chi connectivity index (χ2v) is 5.22. The maximum absolute atomic E-state index is 4.53. The van der Waals surface area contributed by atoms with Gasteiger partial charge in [-0.2, -0.15) is 5.10 Å². The van der Waals surface area contributed by atoms with Gasteiger partial charge >= 0.3 is 0 Å². The molecule has 2 aromatic carbocycles. The summed E-state index contributed by atoms with van der Waals surface area (Å²) >= 11 is 0. The standard InChI is InChI=1S/C17H14N4/c1-3-7-14(8-4-1)17(15-9-5-2-6-10-15)11-16-20-18-13-21(16)19-12-17/h1-10,12-13H,11H2. The summed E-state index contributed by atoms with van der Waals surface area (Å²) in [6.45, 7) is 0. The molecular formula is C17H14N4. The van der Waals surface area contributed by atoms with Gasteiger partial charge < -0.3 is 0 Å². The van der Waals surface area contributed by atoms with Gasteiger partial charge in [0.25, 0.3) is 0 Å². The van der Waals surface area contributed by atoms with E-state index in [1.54, 1.807) is 11.0 Å². The highest BCUT2D eigenvalue weighted by atomic mass is 15.4. The Morgan fingerprint density at radius 3 is 2.10 bits per heavy atom. The molecule has 4 rings (SSSR count). The van der Waals surface area contributed by atoms with Gasteiger partial charge in [-0.3, -0.25) is 0 Å². The second kappa shape index (κ2) is 4.66. The van der Waals surface area contributed by atoms with Crippen LogP contribution in [0.2, 0.25) is 0 Å². The zero-order valence-corrected chi connectivity index (χ0v) is 11.4. The minimum absolute atomic E-state index is 0.286. The fourth-order valence-corrected chi connectivity index (χ4v) is 2.91. The Hall–Kier alpha value is -2.75. The van der Waals surface area contributed by atoms with E-state index in [0.29, 0.717) is 0 Å². The van der Waals surface area contributed by atoms with E-state index in [1.807, 2.05) is 18.3 Å². The molecule has 1 aliphatic rings. The number of nitrogens with zero attached hydrogens (tertiary/aromatic N) is 4. The zero-order valence-electron chi connectivity index (χ0n) is 11.4. The van der Waals surface area contributed by atoms with Crippen molar-refractivity contribution in [3.63, 3.8) is 0 Å². The first kappa shape index (κ1) is 12.0. The highest BCUT2D eigenvalue weighted by molar-refractivity contribution is 5.80. The van der Waals surface area contributed by atoms with Gasteiger partial charge in [0.15, 0.2) is 5.82 Å². The molecule has 2 heterocycles. The Kier molecular flexibility index (Phi) is 2.67.